The Hall–Kier alpha value is -0.570. The maximum atomic E-state index is 12.4. The number of rotatable bonds is 4. The highest BCUT2D eigenvalue weighted by atomic mass is 127. The first-order valence-corrected chi connectivity index (χ1v) is 9.58. The van der Waals surface area contributed by atoms with Gasteiger partial charge in [-0.25, -0.2) is 0 Å². The van der Waals surface area contributed by atoms with E-state index in [9.17, 15) is 4.79 Å². The van der Waals surface area contributed by atoms with Crippen LogP contribution in [0.2, 0.25) is 0 Å². The average Bonchev–Trinajstić information content (AvgIpc) is 3.54. The summed E-state index contributed by atoms with van der Waals surface area (Å²) in [5.74, 6) is 2.15. The van der Waals surface area contributed by atoms with Crippen LogP contribution in [-0.2, 0) is 9.53 Å². The molecule has 4 fully saturated rings. The summed E-state index contributed by atoms with van der Waals surface area (Å²) >= 11 is 0. The van der Waals surface area contributed by atoms with Crippen molar-refractivity contribution in [1.82, 2.24) is 15.1 Å². The molecule has 1 N–H and O–H groups in total. The third-order valence-electron chi connectivity index (χ3n) is 6.24. The number of carbonyl (C=O) groups excluding carboxylic acids is 1. The fourth-order valence-electron chi connectivity index (χ4n) is 4.29. The molecular formula is C18H31IN4O2. The summed E-state index contributed by atoms with van der Waals surface area (Å²) in [4.78, 5) is 21.2. The molecule has 1 atom stereocenters. The lowest BCUT2D eigenvalue weighted by Crippen LogP contribution is -2.55. The summed E-state index contributed by atoms with van der Waals surface area (Å²) in [7, 11) is 1.86. The van der Waals surface area contributed by atoms with Crippen molar-refractivity contribution in [3.8, 4) is 0 Å². The van der Waals surface area contributed by atoms with E-state index < -0.39 is 0 Å². The molecule has 2 saturated carbocycles. The van der Waals surface area contributed by atoms with E-state index in [0.717, 1.165) is 64.0 Å². The van der Waals surface area contributed by atoms with Crippen molar-refractivity contribution in [1.29, 1.82) is 0 Å². The average molecular weight is 462 g/mol. The van der Waals surface area contributed by atoms with Gasteiger partial charge in [-0.3, -0.25) is 9.79 Å². The molecule has 7 heteroatoms. The van der Waals surface area contributed by atoms with Crippen LogP contribution in [0.25, 0.3) is 0 Å². The van der Waals surface area contributed by atoms with E-state index in [-0.39, 0.29) is 36.0 Å². The molecule has 2 aliphatic carbocycles. The van der Waals surface area contributed by atoms with Crippen LogP contribution in [-0.4, -0.2) is 74.1 Å². The number of ether oxygens (including phenoxy) is 1. The van der Waals surface area contributed by atoms with Gasteiger partial charge in [-0.2, -0.15) is 0 Å². The number of hydrogen-bond donors (Lipinski definition) is 1. The highest BCUT2D eigenvalue weighted by Crippen LogP contribution is 2.60. The molecule has 4 aliphatic rings. The van der Waals surface area contributed by atoms with Gasteiger partial charge in [-0.15, -0.1) is 24.0 Å². The number of halogens is 1. The molecule has 2 saturated heterocycles. The van der Waals surface area contributed by atoms with Gasteiger partial charge in [0.2, 0.25) is 0 Å². The normalized spacial score (nSPS) is 28.5. The van der Waals surface area contributed by atoms with Crippen LogP contribution in [0.5, 0.6) is 0 Å². The van der Waals surface area contributed by atoms with E-state index in [1.807, 2.05) is 11.9 Å². The Balaban J connectivity index is 0.00000182. The van der Waals surface area contributed by atoms with Gasteiger partial charge in [0.1, 0.15) is 6.10 Å². The topological polar surface area (TPSA) is 57.2 Å². The zero-order valence-electron chi connectivity index (χ0n) is 15.2. The first kappa shape index (κ1) is 19.2. The summed E-state index contributed by atoms with van der Waals surface area (Å²) in [5.41, 5.74) is 0.577. The second kappa shape index (κ2) is 7.98. The Morgan fingerprint density at radius 1 is 1.16 bits per heavy atom. The van der Waals surface area contributed by atoms with Crippen molar-refractivity contribution in [3.05, 3.63) is 0 Å². The molecule has 0 aromatic carbocycles. The number of carbonyl (C=O) groups is 1. The van der Waals surface area contributed by atoms with E-state index in [0.29, 0.717) is 5.41 Å². The van der Waals surface area contributed by atoms with Crippen LogP contribution < -0.4 is 5.32 Å². The number of aliphatic imine (C=N–C) groups is 1. The lowest BCUT2D eigenvalue weighted by Gasteiger charge is -2.37. The Morgan fingerprint density at radius 2 is 1.84 bits per heavy atom. The van der Waals surface area contributed by atoms with Crippen LogP contribution in [0, 0.1) is 11.3 Å². The fourth-order valence-corrected chi connectivity index (χ4v) is 4.29. The van der Waals surface area contributed by atoms with Crippen LogP contribution in [0.3, 0.4) is 0 Å². The van der Waals surface area contributed by atoms with Crippen molar-refractivity contribution in [2.75, 3.05) is 46.4 Å². The predicted molar refractivity (Wildman–Crippen MR) is 108 cm³/mol. The third kappa shape index (κ3) is 4.23. The first-order chi connectivity index (χ1) is 11.7. The molecule has 1 unspecified atom stereocenters. The molecule has 4 rings (SSSR count). The molecule has 0 bridgehead atoms. The maximum Gasteiger partial charge on any atom is 0.251 e. The van der Waals surface area contributed by atoms with Gasteiger partial charge >= 0.3 is 0 Å². The summed E-state index contributed by atoms with van der Waals surface area (Å²) in [6.45, 7) is 5.05. The zero-order valence-corrected chi connectivity index (χ0v) is 17.5. The minimum atomic E-state index is -0.192. The van der Waals surface area contributed by atoms with E-state index in [1.54, 1.807) is 0 Å². The van der Waals surface area contributed by atoms with Gasteiger partial charge in [0.15, 0.2) is 5.96 Å². The van der Waals surface area contributed by atoms with Crippen LogP contribution in [0.4, 0.5) is 0 Å². The monoisotopic (exact) mass is 462 g/mol. The van der Waals surface area contributed by atoms with Gasteiger partial charge in [0, 0.05) is 46.4 Å². The van der Waals surface area contributed by atoms with Crippen molar-refractivity contribution in [3.63, 3.8) is 0 Å². The number of hydrogen-bond acceptors (Lipinski definition) is 3. The molecule has 142 valence electrons. The van der Waals surface area contributed by atoms with Gasteiger partial charge in [-0.1, -0.05) is 0 Å². The molecule has 2 heterocycles. The van der Waals surface area contributed by atoms with Gasteiger partial charge in [0.05, 0.1) is 0 Å². The van der Waals surface area contributed by atoms with E-state index in [2.05, 4.69) is 15.2 Å². The second-order valence-corrected chi connectivity index (χ2v) is 7.85. The summed E-state index contributed by atoms with van der Waals surface area (Å²) in [6, 6.07) is 0. The molecule has 0 spiro atoms. The Kier molecular flexibility index (Phi) is 6.13. The van der Waals surface area contributed by atoms with E-state index in [1.165, 1.54) is 25.7 Å². The maximum absolute atomic E-state index is 12.4. The van der Waals surface area contributed by atoms with Crippen molar-refractivity contribution in [2.45, 2.75) is 44.6 Å². The minimum absolute atomic E-state index is 0. The lowest BCUT2D eigenvalue weighted by atomic mass is 10.0. The van der Waals surface area contributed by atoms with Crippen LogP contribution in [0.15, 0.2) is 4.99 Å². The standard InChI is InChI=1S/C18H30N4O2.HI/c1-19-17(20-13-18(6-7-18)14-4-5-14)22-10-8-21(9-11-22)16(23)15-3-2-12-24-15;/h14-15H,2-13H2,1H3,(H,19,20);1H. The SMILES string of the molecule is CN=C(NCC1(C2CC2)CC1)N1CCN(C(=O)C2CCCO2)CC1.I. The third-order valence-corrected chi connectivity index (χ3v) is 6.24. The predicted octanol–water partition coefficient (Wildman–Crippen LogP) is 1.69. The van der Waals surface area contributed by atoms with Crippen LogP contribution in [0.1, 0.15) is 38.5 Å². The number of nitrogens with zero attached hydrogens (tertiary/aromatic N) is 3. The molecule has 1 amide bonds. The molecule has 6 nitrogen and oxygen atoms in total. The molecule has 0 radical (unpaired) electrons. The van der Waals surface area contributed by atoms with E-state index >= 15 is 0 Å². The summed E-state index contributed by atoms with van der Waals surface area (Å²) < 4.78 is 5.53. The van der Waals surface area contributed by atoms with Crippen LogP contribution >= 0.6 is 24.0 Å². The van der Waals surface area contributed by atoms with Crippen molar-refractivity contribution >= 4 is 35.8 Å². The van der Waals surface area contributed by atoms with Gasteiger partial charge in [0.25, 0.3) is 5.91 Å². The zero-order chi connectivity index (χ0) is 16.6. The number of piperazine rings is 1. The Bertz CT molecular complexity index is 505. The van der Waals surface area contributed by atoms with Crippen molar-refractivity contribution < 1.29 is 9.53 Å². The first-order valence-electron chi connectivity index (χ1n) is 9.58. The highest BCUT2D eigenvalue weighted by Gasteiger charge is 2.53. The Labute approximate surface area is 167 Å². The summed E-state index contributed by atoms with van der Waals surface area (Å²) in [6.07, 6.45) is 7.30. The molecular weight excluding hydrogens is 431 g/mol. The van der Waals surface area contributed by atoms with Gasteiger partial charge in [-0.05, 0) is 49.9 Å². The quantitative estimate of drug-likeness (QED) is 0.393. The lowest BCUT2D eigenvalue weighted by molar-refractivity contribution is -0.142. The molecule has 0 aromatic heterocycles. The van der Waals surface area contributed by atoms with Gasteiger partial charge < -0.3 is 19.9 Å². The molecule has 25 heavy (non-hydrogen) atoms. The summed E-state index contributed by atoms with van der Waals surface area (Å²) in [5, 5.41) is 3.61. The largest absolute Gasteiger partial charge is 0.368 e. The molecule has 2 aliphatic heterocycles. The van der Waals surface area contributed by atoms with Crippen molar-refractivity contribution in [2.24, 2.45) is 16.3 Å². The minimum Gasteiger partial charge on any atom is -0.368 e. The number of guanidine groups is 1. The fraction of sp³-hybridized carbons (Fsp3) is 0.889. The molecule has 0 aromatic rings. The number of nitrogens with one attached hydrogen (secondary N) is 1. The van der Waals surface area contributed by atoms with E-state index in [4.69, 9.17) is 4.74 Å². The Morgan fingerprint density at radius 3 is 2.36 bits per heavy atom. The number of amides is 1. The smallest absolute Gasteiger partial charge is 0.251 e. The highest BCUT2D eigenvalue weighted by molar-refractivity contribution is 14.0. The second-order valence-electron chi connectivity index (χ2n) is 7.85.